The van der Waals surface area contributed by atoms with Gasteiger partial charge in [-0.1, -0.05) is 19.3 Å². The first-order chi connectivity index (χ1) is 7.48. The molecule has 2 aliphatic rings. The molecule has 0 amide bonds. The van der Waals surface area contributed by atoms with Gasteiger partial charge >= 0.3 is 0 Å². The van der Waals surface area contributed by atoms with Crippen molar-refractivity contribution in [1.82, 2.24) is 4.90 Å². The summed E-state index contributed by atoms with van der Waals surface area (Å²) in [5.74, 6) is 0.949. The maximum atomic E-state index is 6.09. The van der Waals surface area contributed by atoms with Crippen molar-refractivity contribution in [1.29, 1.82) is 0 Å². The Labute approximate surface area is 101 Å². The number of nitrogens with two attached hydrogens (primary N) is 1. The van der Waals surface area contributed by atoms with Crippen molar-refractivity contribution < 1.29 is 0 Å². The summed E-state index contributed by atoms with van der Waals surface area (Å²) in [5, 5.41) is 0. The second kappa shape index (κ2) is 4.30. The highest BCUT2D eigenvalue weighted by Gasteiger charge is 2.44. The lowest BCUT2D eigenvalue weighted by Crippen LogP contribution is -2.58. The van der Waals surface area contributed by atoms with Crippen LogP contribution >= 0.6 is 0 Å². The van der Waals surface area contributed by atoms with Crippen LogP contribution in [0.5, 0.6) is 0 Å². The molecule has 2 N–H and O–H groups in total. The van der Waals surface area contributed by atoms with Crippen molar-refractivity contribution >= 4 is 0 Å². The van der Waals surface area contributed by atoms with Crippen LogP contribution in [0.1, 0.15) is 59.3 Å². The Kier molecular flexibility index (Phi) is 3.33. The van der Waals surface area contributed by atoms with Crippen LogP contribution in [-0.4, -0.2) is 29.1 Å². The molecule has 16 heavy (non-hydrogen) atoms. The highest BCUT2D eigenvalue weighted by atomic mass is 15.3. The van der Waals surface area contributed by atoms with E-state index in [2.05, 4.69) is 25.7 Å². The van der Waals surface area contributed by atoms with Crippen molar-refractivity contribution in [3.8, 4) is 0 Å². The standard InChI is InChI=1S/C14H28N2/c1-13(2)8-5-9-16(13)14(3,11-15)10-12-6-4-7-12/h12H,4-11,15H2,1-3H3. The Balaban J connectivity index is 2.06. The molecule has 1 aliphatic heterocycles. The van der Waals surface area contributed by atoms with E-state index in [9.17, 15) is 0 Å². The fourth-order valence-electron chi connectivity index (χ4n) is 3.73. The molecule has 1 aliphatic carbocycles. The van der Waals surface area contributed by atoms with E-state index in [0.717, 1.165) is 12.5 Å². The quantitative estimate of drug-likeness (QED) is 0.795. The molecule has 2 fully saturated rings. The van der Waals surface area contributed by atoms with Gasteiger partial charge in [-0.05, 0) is 52.5 Å². The lowest BCUT2D eigenvalue weighted by Gasteiger charge is -2.48. The smallest absolute Gasteiger partial charge is 0.0311 e. The first-order valence-electron chi connectivity index (χ1n) is 6.96. The minimum Gasteiger partial charge on any atom is -0.329 e. The summed E-state index contributed by atoms with van der Waals surface area (Å²) in [5.41, 5.74) is 6.69. The van der Waals surface area contributed by atoms with Gasteiger partial charge in [0, 0.05) is 17.6 Å². The number of rotatable bonds is 4. The van der Waals surface area contributed by atoms with Gasteiger partial charge in [0.15, 0.2) is 0 Å². The molecule has 0 aromatic heterocycles. The SMILES string of the molecule is CC1(C)CCCN1C(C)(CN)CC1CCC1. The fourth-order valence-corrected chi connectivity index (χ4v) is 3.73. The molecule has 1 saturated carbocycles. The Morgan fingerprint density at radius 2 is 2.00 bits per heavy atom. The van der Waals surface area contributed by atoms with Gasteiger partial charge < -0.3 is 5.73 Å². The van der Waals surface area contributed by atoms with Crippen LogP contribution in [0.3, 0.4) is 0 Å². The molecule has 1 atom stereocenters. The average molecular weight is 224 g/mol. The normalized spacial score (nSPS) is 30.0. The molecule has 2 nitrogen and oxygen atoms in total. The second-order valence-electron chi connectivity index (χ2n) is 6.77. The van der Waals surface area contributed by atoms with Crippen LogP contribution in [0.15, 0.2) is 0 Å². The van der Waals surface area contributed by atoms with Crippen LogP contribution < -0.4 is 5.73 Å². The van der Waals surface area contributed by atoms with Crippen LogP contribution in [0.4, 0.5) is 0 Å². The molecular formula is C14H28N2. The maximum Gasteiger partial charge on any atom is 0.0311 e. The predicted octanol–water partition coefficient (Wildman–Crippen LogP) is 2.77. The first-order valence-corrected chi connectivity index (χ1v) is 6.96. The summed E-state index contributed by atoms with van der Waals surface area (Å²) in [6, 6.07) is 0. The summed E-state index contributed by atoms with van der Waals surface area (Å²) >= 11 is 0. The van der Waals surface area contributed by atoms with Gasteiger partial charge in [-0.25, -0.2) is 0 Å². The third kappa shape index (κ3) is 2.14. The molecule has 0 spiro atoms. The number of hydrogen-bond donors (Lipinski definition) is 1. The van der Waals surface area contributed by atoms with E-state index in [0.29, 0.717) is 5.54 Å². The molecule has 1 unspecified atom stereocenters. The van der Waals surface area contributed by atoms with Crippen molar-refractivity contribution in [2.24, 2.45) is 11.7 Å². The fraction of sp³-hybridized carbons (Fsp3) is 1.00. The third-order valence-corrected chi connectivity index (χ3v) is 4.95. The Morgan fingerprint density at radius 3 is 2.38 bits per heavy atom. The van der Waals surface area contributed by atoms with Crippen LogP contribution in [-0.2, 0) is 0 Å². The van der Waals surface area contributed by atoms with Gasteiger partial charge in [0.2, 0.25) is 0 Å². The predicted molar refractivity (Wildman–Crippen MR) is 69.4 cm³/mol. The maximum absolute atomic E-state index is 6.09. The summed E-state index contributed by atoms with van der Waals surface area (Å²) in [7, 11) is 0. The minimum absolute atomic E-state index is 0.241. The van der Waals surface area contributed by atoms with Crippen molar-refractivity contribution in [3.63, 3.8) is 0 Å². The van der Waals surface area contributed by atoms with Gasteiger partial charge in [0.25, 0.3) is 0 Å². The zero-order valence-corrected chi connectivity index (χ0v) is 11.3. The lowest BCUT2D eigenvalue weighted by molar-refractivity contribution is 0.0198. The largest absolute Gasteiger partial charge is 0.329 e. The molecule has 0 aromatic rings. The van der Waals surface area contributed by atoms with Crippen molar-refractivity contribution in [3.05, 3.63) is 0 Å². The van der Waals surface area contributed by atoms with Crippen LogP contribution in [0.2, 0.25) is 0 Å². The van der Waals surface area contributed by atoms with Gasteiger partial charge in [-0.2, -0.15) is 0 Å². The molecule has 1 heterocycles. The molecule has 2 rings (SSSR count). The molecule has 0 aromatic carbocycles. The molecule has 94 valence electrons. The van der Waals surface area contributed by atoms with E-state index in [-0.39, 0.29) is 5.54 Å². The van der Waals surface area contributed by atoms with Crippen LogP contribution in [0, 0.1) is 5.92 Å². The summed E-state index contributed by atoms with van der Waals surface area (Å²) in [4.78, 5) is 2.69. The van der Waals surface area contributed by atoms with E-state index in [1.165, 1.54) is 45.1 Å². The number of hydrogen-bond acceptors (Lipinski definition) is 2. The van der Waals surface area contributed by atoms with E-state index in [1.807, 2.05) is 0 Å². The number of likely N-dealkylation sites (tertiary alicyclic amines) is 1. The van der Waals surface area contributed by atoms with Crippen molar-refractivity contribution in [2.75, 3.05) is 13.1 Å². The summed E-state index contributed by atoms with van der Waals surface area (Å²) < 4.78 is 0. The zero-order valence-electron chi connectivity index (χ0n) is 11.3. The second-order valence-corrected chi connectivity index (χ2v) is 6.77. The number of nitrogens with zero attached hydrogens (tertiary/aromatic N) is 1. The van der Waals surface area contributed by atoms with Gasteiger partial charge in [0.05, 0.1) is 0 Å². The molecule has 0 bridgehead atoms. The van der Waals surface area contributed by atoms with E-state index >= 15 is 0 Å². The third-order valence-electron chi connectivity index (χ3n) is 4.95. The first kappa shape index (κ1) is 12.4. The van der Waals surface area contributed by atoms with Crippen LogP contribution in [0.25, 0.3) is 0 Å². The Bertz CT molecular complexity index is 245. The van der Waals surface area contributed by atoms with Gasteiger partial charge in [0.1, 0.15) is 0 Å². The highest BCUT2D eigenvalue weighted by molar-refractivity contribution is 5.00. The molecule has 0 radical (unpaired) electrons. The van der Waals surface area contributed by atoms with E-state index < -0.39 is 0 Å². The van der Waals surface area contributed by atoms with E-state index in [1.54, 1.807) is 0 Å². The monoisotopic (exact) mass is 224 g/mol. The molecule has 2 heteroatoms. The molecular weight excluding hydrogens is 196 g/mol. The lowest BCUT2D eigenvalue weighted by atomic mass is 9.75. The topological polar surface area (TPSA) is 29.3 Å². The summed E-state index contributed by atoms with van der Waals surface area (Å²) in [6.45, 7) is 9.21. The van der Waals surface area contributed by atoms with Gasteiger partial charge in [-0.3, -0.25) is 4.90 Å². The Morgan fingerprint density at radius 1 is 1.31 bits per heavy atom. The zero-order chi connectivity index (χ0) is 11.8. The molecule has 1 saturated heterocycles. The van der Waals surface area contributed by atoms with Crippen molar-refractivity contribution in [2.45, 2.75) is 70.4 Å². The minimum atomic E-state index is 0.241. The highest BCUT2D eigenvalue weighted by Crippen LogP contribution is 2.41. The summed E-state index contributed by atoms with van der Waals surface area (Å²) in [6.07, 6.45) is 8.29. The van der Waals surface area contributed by atoms with E-state index in [4.69, 9.17) is 5.73 Å². The van der Waals surface area contributed by atoms with Gasteiger partial charge in [-0.15, -0.1) is 0 Å². The average Bonchev–Trinajstić information content (AvgIpc) is 2.52. The Hall–Kier alpha value is -0.0800.